The minimum atomic E-state index is 0.0368. The Morgan fingerprint density at radius 1 is 0.343 bits per heavy atom. The monoisotopic (exact) mass is 947 g/mol. The lowest BCUT2D eigenvalue weighted by Gasteiger charge is -2.33. The summed E-state index contributed by atoms with van der Waals surface area (Å²) in [6, 6.07) is 0.247. The Morgan fingerprint density at radius 3 is 1.01 bits per heavy atom. The third kappa shape index (κ3) is 41.8. The molecule has 7 nitrogen and oxygen atoms in total. The van der Waals surface area contributed by atoms with E-state index >= 15 is 0 Å². The molecule has 398 valence electrons. The molecule has 7 heteroatoms. The standard InChI is InChI=1S/C60H118N2O5/c1-8-13-18-23-26-29-37-47-56(45-35-22-17-12-5)60(65)67-54-42-33-39-49-57(62(58(63)50-43-51-61(6)7)52-40-31-27-24-19-14-9-2)48-38-30-32-41-53-66-59(64)55(44-34-21-16-11-4)46-36-28-25-20-15-10-3/h55-57H,8-54H2,1-7H3. The van der Waals surface area contributed by atoms with E-state index in [1.54, 1.807) is 0 Å². The van der Waals surface area contributed by atoms with Crippen molar-refractivity contribution in [3.05, 3.63) is 0 Å². The van der Waals surface area contributed by atoms with Gasteiger partial charge in [0.25, 0.3) is 0 Å². The van der Waals surface area contributed by atoms with Crippen LogP contribution in [0, 0.1) is 11.8 Å². The van der Waals surface area contributed by atoms with E-state index < -0.39 is 0 Å². The Morgan fingerprint density at radius 2 is 0.642 bits per heavy atom. The van der Waals surface area contributed by atoms with Gasteiger partial charge < -0.3 is 19.3 Å². The highest BCUT2D eigenvalue weighted by Gasteiger charge is 2.24. The molecule has 0 aliphatic carbocycles. The van der Waals surface area contributed by atoms with Crippen molar-refractivity contribution in [2.45, 2.75) is 317 Å². The molecule has 0 aromatic rings. The molecule has 0 aromatic heterocycles. The Hall–Kier alpha value is -1.63. The van der Waals surface area contributed by atoms with Gasteiger partial charge in [0.1, 0.15) is 0 Å². The predicted octanol–water partition coefficient (Wildman–Crippen LogP) is 17.9. The van der Waals surface area contributed by atoms with Crippen molar-refractivity contribution in [3.8, 4) is 0 Å². The van der Waals surface area contributed by atoms with E-state index in [0.29, 0.717) is 25.5 Å². The Labute approximate surface area is 419 Å². The molecule has 0 aromatic carbocycles. The fourth-order valence-electron chi connectivity index (χ4n) is 9.89. The predicted molar refractivity (Wildman–Crippen MR) is 290 cm³/mol. The van der Waals surface area contributed by atoms with Gasteiger partial charge >= 0.3 is 11.9 Å². The summed E-state index contributed by atoms with van der Waals surface area (Å²) in [5, 5.41) is 0. The summed E-state index contributed by atoms with van der Waals surface area (Å²) >= 11 is 0. The van der Waals surface area contributed by atoms with Gasteiger partial charge in [-0.25, -0.2) is 0 Å². The van der Waals surface area contributed by atoms with Crippen molar-refractivity contribution in [3.63, 3.8) is 0 Å². The highest BCUT2D eigenvalue weighted by Crippen LogP contribution is 2.24. The van der Waals surface area contributed by atoms with Crippen LogP contribution in [-0.4, -0.2) is 74.1 Å². The number of ether oxygens (including phenoxy) is 2. The first-order valence-corrected chi connectivity index (χ1v) is 30.0. The summed E-state index contributed by atoms with van der Waals surface area (Å²) in [6.07, 6.45) is 49.4. The second kappa shape index (κ2) is 50.7. The summed E-state index contributed by atoms with van der Waals surface area (Å²) in [6.45, 7) is 14.1. The van der Waals surface area contributed by atoms with Gasteiger partial charge in [-0.2, -0.15) is 0 Å². The Kier molecular flexibility index (Phi) is 49.5. The highest BCUT2D eigenvalue weighted by molar-refractivity contribution is 5.76. The van der Waals surface area contributed by atoms with Gasteiger partial charge in [0.05, 0.1) is 25.0 Å². The second-order valence-corrected chi connectivity index (χ2v) is 21.2. The summed E-state index contributed by atoms with van der Waals surface area (Å²) in [7, 11) is 4.19. The van der Waals surface area contributed by atoms with E-state index in [1.165, 1.54) is 148 Å². The van der Waals surface area contributed by atoms with E-state index in [1.807, 2.05) is 0 Å². The van der Waals surface area contributed by atoms with Gasteiger partial charge in [0.15, 0.2) is 0 Å². The maximum absolute atomic E-state index is 14.0. The van der Waals surface area contributed by atoms with Crippen molar-refractivity contribution in [1.29, 1.82) is 0 Å². The minimum Gasteiger partial charge on any atom is -0.465 e. The lowest BCUT2D eigenvalue weighted by Crippen LogP contribution is -2.41. The maximum atomic E-state index is 14.0. The van der Waals surface area contributed by atoms with Crippen LogP contribution in [0.15, 0.2) is 0 Å². The first kappa shape index (κ1) is 65.4. The molecule has 0 bridgehead atoms. The van der Waals surface area contributed by atoms with E-state index in [0.717, 1.165) is 135 Å². The molecule has 0 rings (SSSR count). The second-order valence-electron chi connectivity index (χ2n) is 21.2. The van der Waals surface area contributed by atoms with Crippen LogP contribution in [0.1, 0.15) is 311 Å². The quantitative estimate of drug-likeness (QED) is 0.0447. The number of esters is 2. The van der Waals surface area contributed by atoms with Gasteiger partial charge in [0, 0.05) is 19.0 Å². The Bertz CT molecular complexity index is 1070. The topological polar surface area (TPSA) is 76.1 Å². The molecule has 0 aliphatic heterocycles. The van der Waals surface area contributed by atoms with Crippen LogP contribution in [0.4, 0.5) is 0 Å². The number of rotatable bonds is 53. The zero-order valence-electron chi connectivity index (χ0n) is 46.4. The molecule has 0 spiro atoms. The van der Waals surface area contributed by atoms with Gasteiger partial charge in [-0.05, 0) is 91.3 Å². The number of amides is 1. The van der Waals surface area contributed by atoms with Crippen molar-refractivity contribution in [2.75, 3.05) is 40.4 Å². The molecule has 1 amide bonds. The normalized spacial score (nSPS) is 13.0. The molecule has 3 unspecified atom stereocenters. The van der Waals surface area contributed by atoms with Crippen LogP contribution < -0.4 is 0 Å². The molecule has 0 saturated carbocycles. The lowest BCUT2D eigenvalue weighted by atomic mass is 9.94. The molecule has 0 aliphatic rings. The van der Waals surface area contributed by atoms with Gasteiger partial charge in [-0.15, -0.1) is 0 Å². The fraction of sp³-hybridized carbons (Fsp3) is 0.950. The number of hydrogen-bond acceptors (Lipinski definition) is 6. The van der Waals surface area contributed by atoms with Crippen LogP contribution in [0.2, 0.25) is 0 Å². The summed E-state index contributed by atoms with van der Waals surface area (Å²) in [5.41, 5.74) is 0. The van der Waals surface area contributed by atoms with E-state index in [2.05, 4.69) is 58.5 Å². The smallest absolute Gasteiger partial charge is 0.308 e. The van der Waals surface area contributed by atoms with E-state index in [9.17, 15) is 14.4 Å². The van der Waals surface area contributed by atoms with Crippen LogP contribution >= 0.6 is 0 Å². The molecule has 67 heavy (non-hydrogen) atoms. The largest absolute Gasteiger partial charge is 0.465 e. The summed E-state index contributed by atoms with van der Waals surface area (Å²) in [5.74, 6) is 0.518. The molecule has 3 atom stereocenters. The average molecular weight is 948 g/mol. The number of unbranched alkanes of at least 4 members (excludes halogenated alkanes) is 28. The first-order valence-electron chi connectivity index (χ1n) is 30.0. The highest BCUT2D eigenvalue weighted by atomic mass is 16.5. The number of carbonyl (C=O) groups excluding carboxylic acids is 3. The van der Waals surface area contributed by atoms with Gasteiger partial charge in [-0.1, -0.05) is 234 Å². The van der Waals surface area contributed by atoms with Crippen molar-refractivity contribution < 1.29 is 23.9 Å². The van der Waals surface area contributed by atoms with Crippen molar-refractivity contribution >= 4 is 17.8 Å². The van der Waals surface area contributed by atoms with Crippen LogP contribution in [-0.2, 0) is 23.9 Å². The maximum Gasteiger partial charge on any atom is 0.308 e. The summed E-state index contributed by atoms with van der Waals surface area (Å²) in [4.78, 5) is 45.1. The zero-order valence-corrected chi connectivity index (χ0v) is 46.4. The number of nitrogens with zero attached hydrogens (tertiary/aromatic N) is 2. The molecule has 0 N–H and O–H groups in total. The Balaban J connectivity index is 5.42. The van der Waals surface area contributed by atoms with Gasteiger partial charge in [0.2, 0.25) is 5.91 Å². The van der Waals surface area contributed by atoms with Crippen molar-refractivity contribution in [1.82, 2.24) is 9.80 Å². The fourth-order valence-corrected chi connectivity index (χ4v) is 9.89. The van der Waals surface area contributed by atoms with Crippen LogP contribution in [0.3, 0.4) is 0 Å². The number of hydrogen-bond donors (Lipinski definition) is 0. The SMILES string of the molecule is CCCCCCCCCC(CCCCCC)C(=O)OCCCCCC(CCCCCCOC(=O)C(CCCCCC)CCCCCCCC)N(CCCCCCCCC)C(=O)CCCN(C)C. The van der Waals surface area contributed by atoms with E-state index in [-0.39, 0.29) is 29.8 Å². The third-order valence-corrected chi connectivity index (χ3v) is 14.4. The average Bonchev–Trinajstić information content (AvgIpc) is 3.31. The zero-order chi connectivity index (χ0) is 49.3. The summed E-state index contributed by atoms with van der Waals surface area (Å²) < 4.78 is 11.9. The van der Waals surface area contributed by atoms with Gasteiger partial charge in [-0.3, -0.25) is 14.4 Å². The molecule has 0 radical (unpaired) electrons. The molecule has 0 heterocycles. The van der Waals surface area contributed by atoms with E-state index in [4.69, 9.17) is 9.47 Å². The number of carbonyl (C=O) groups is 3. The third-order valence-electron chi connectivity index (χ3n) is 14.4. The lowest BCUT2D eigenvalue weighted by molar-refractivity contribution is -0.150. The molecule has 0 saturated heterocycles. The van der Waals surface area contributed by atoms with Crippen LogP contribution in [0.25, 0.3) is 0 Å². The first-order chi connectivity index (χ1) is 32.7. The van der Waals surface area contributed by atoms with Crippen LogP contribution in [0.5, 0.6) is 0 Å². The molecule has 0 fully saturated rings. The molecular formula is C60H118N2O5. The van der Waals surface area contributed by atoms with Crippen molar-refractivity contribution in [2.24, 2.45) is 11.8 Å². The minimum absolute atomic E-state index is 0.0368. The molecular weight excluding hydrogens is 829 g/mol.